The van der Waals surface area contributed by atoms with Crippen LogP contribution in [-0.4, -0.2) is 19.5 Å². The molecule has 0 saturated heterocycles. The zero-order valence-corrected chi connectivity index (χ0v) is 9.69. The van der Waals surface area contributed by atoms with Crippen molar-refractivity contribution >= 4 is 22.8 Å². The van der Waals surface area contributed by atoms with E-state index in [9.17, 15) is 0 Å². The zero-order valence-electron chi connectivity index (χ0n) is 8.93. The molecule has 1 aliphatic carbocycles. The fraction of sp³-hybridized carbons (Fsp3) is 0.545. The second-order valence-electron chi connectivity index (χ2n) is 4.28. The van der Waals surface area contributed by atoms with Gasteiger partial charge in [0.15, 0.2) is 10.8 Å². The summed E-state index contributed by atoms with van der Waals surface area (Å²) < 4.78 is 2.15. The second kappa shape index (κ2) is 4.01. The monoisotopic (exact) mass is 236 g/mol. The van der Waals surface area contributed by atoms with Crippen LogP contribution in [0.15, 0.2) is 12.7 Å². The van der Waals surface area contributed by atoms with Crippen LogP contribution >= 0.6 is 11.6 Å². The number of hydrogen-bond donors (Lipinski definition) is 0. The molecule has 2 aromatic heterocycles. The Morgan fingerprint density at radius 2 is 1.94 bits per heavy atom. The van der Waals surface area contributed by atoms with Gasteiger partial charge in [0, 0.05) is 6.04 Å². The predicted molar refractivity (Wildman–Crippen MR) is 62.5 cm³/mol. The van der Waals surface area contributed by atoms with Crippen molar-refractivity contribution in [1.82, 2.24) is 19.5 Å². The van der Waals surface area contributed by atoms with Gasteiger partial charge in [0.25, 0.3) is 0 Å². The Labute approximate surface area is 98.7 Å². The SMILES string of the molecule is Clc1ncnc2c1ncn2C1CCCCC1. The van der Waals surface area contributed by atoms with Gasteiger partial charge in [-0.05, 0) is 12.8 Å². The molecule has 5 heteroatoms. The van der Waals surface area contributed by atoms with Gasteiger partial charge < -0.3 is 4.57 Å². The number of nitrogens with zero attached hydrogens (tertiary/aromatic N) is 4. The lowest BCUT2D eigenvalue weighted by Crippen LogP contribution is -2.12. The maximum absolute atomic E-state index is 5.98. The average Bonchev–Trinajstić information content (AvgIpc) is 2.75. The Kier molecular flexibility index (Phi) is 2.52. The minimum atomic E-state index is 0.444. The number of aromatic nitrogens is 4. The molecule has 2 aromatic rings. The lowest BCUT2D eigenvalue weighted by Gasteiger charge is -2.22. The van der Waals surface area contributed by atoms with E-state index in [1.807, 2.05) is 6.33 Å². The topological polar surface area (TPSA) is 43.6 Å². The van der Waals surface area contributed by atoms with Crippen LogP contribution in [0.2, 0.25) is 5.15 Å². The predicted octanol–water partition coefficient (Wildman–Crippen LogP) is 2.98. The Morgan fingerprint density at radius 1 is 1.12 bits per heavy atom. The smallest absolute Gasteiger partial charge is 0.165 e. The van der Waals surface area contributed by atoms with Crippen molar-refractivity contribution in [3.63, 3.8) is 0 Å². The molecule has 0 spiro atoms. The summed E-state index contributed by atoms with van der Waals surface area (Å²) in [6, 6.07) is 0.532. The molecule has 0 atom stereocenters. The van der Waals surface area contributed by atoms with Gasteiger partial charge in [-0.1, -0.05) is 30.9 Å². The van der Waals surface area contributed by atoms with Gasteiger partial charge in [0.2, 0.25) is 0 Å². The number of fused-ring (bicyclic) bond motifs is 1. The fourth-order valence-corrected chi connectivity index (χ4v) is 2.63. The van der Waals surface area contributed by atoms with Crippen molar-refractivity contribution in [3.8, 4) is 0 Å². The van der Waals surface area contributed by atoms with E-state index in [1.54, 1.807) is 0 Å². The normalized spacial score (nSPS) is 18.1. The third-order valence-electron chi connectivity index (χ3n) is 3.28. The van der Waals surface area contributed by atoms with Gasteiger partial charge in [-0.25, -0.2) is 15.0 Å². The average molecular weight is 237 g/mol. The third kappa shape index (κ3) is 1.57. The molecule has 0 aromatic carbocycles. The Balaban J connectivity index is 2.06. The Morgan fingerprint density at radius 3 is 2.75 bits per heavy atom. The van der Waals surface area contributed by atoms with Crippen molar-refractivity contribution in [1.29, 1.82) is 0 Å². The summed E-state index contributed by atoms with van der Waals surface area (Å²) in [6.45, 7) is 0. The van der Waals surface area contributed by atoms with E-state index in [4.69, 9.17) is 11.6 Å². The van der Waals surface area contributed by atoms with E-state index in [0.717, 1.165) is 11.2 Å². The van der Waals surface area contributed by atoms with Crippen LogP contribution in [0.5, 0.6) is 0 Å². The maximum atomic E-state index is 5.98. The van der Waals surface area contributed by atoms with Gasteiger partial charge in [-0.2, -0.15) is 0 Å². The maximum Gasteiger partial charge on any atom is 0.165 e. The van der Waals surface area contributed by atoms with Crippen molar-refractivity contribution in [3.05, 3.63) is 17.8 Å². The Hall–Kier alpha value is -1.16. The molecular weight excluding hydrogens is 224 g/mol. The Bertz CT molecular complexity index is 502. The van der Waals surface area contributed by atoms with Gasteiger partial charge in [-0.3, -0.25) is 0 Å². The van der Waals surface area contributed by atoms with Gasteiger partial charge >= 0.3 is 0 Å². The molecular formula is C11H13ClN4. The first-order valence-electron chi connectivity index (χ1n) is 5.69. The van der Waals surface area contributed by atoms with E-state index in [0.29, 0.717) is 11.2 Å². The molecule has 4 nitrogen and oxygen atoms in total. The van der Waals surface area contributed by atoms with E-state index in [-0.39, 0.29) is 0 Å². The van der Waals surface area contributed by atoms with Crippen molar-refractivity contribution in [2.24, 2.45) is 0 Å². The summed E-state index contributed by atoms with van der Waals surface area (Å²) in [5.41, 5.74) is 1.58. The highest BCUT2D eigenvalue weighted by atomic mass is 35.5. The highest BCUT2D eigenvalue weighted by Crippen LogP contribution is 2.30. The van der Waals surface area contributed by atoms with Crippen LogP contribution in [0.25, 0.3) is 11.2 Å². The zero-order chi connectivity index (χ0) is 11.0. The molecule has 3 rings (SSSR count). The summed E-state index contributed by atoms with van der Waals surface area (Å²) in [5.74, 6) is 0. The summed E-state index contributed by atoms with van der Waals surface area (Å²) in [4.78, 5) is 12.5. The largest absolute Gasteiger partial charge is 0.312 e. The molecule has 0 aliphatic heterocycles. The summed E-state index contributed by atoms with van der Waals surface area (Å²) >= 11 is 5.98. The minimum Gasteiger partial charge on any atom is -0.312 e. The fourth-order valence-electron chi connectivity index (χ4n) is 2.45. The van der Waals surface area contributed by atoms with Crippen molar-refractivity contribution in [2.45, 2.75) is 38.1 Å². The van der Waals surface area contributed by atoms with E-state index < -0.39 is 0 Å². The lowest BCUT2D eigenvalue weighted by molar-refractivity contribution is 0.358. The van der Waals surface area contributed by atoms with E-state index >= 15 is 0 Å². The van der Waals surface area contributed by atoms with Gasteiger partial charge in [0.05, 0.1) is 6.33 Å². The highest BCUT2D eigenvalue weighted by Gasteiger charge is 2.18. The molecule has 0 amide bonds. The molecule has 0 unspecified atom stereocenters. The van der Waals surface area contributed by atoms with Crippen LogP contribution in [0.3, 0.4) is 0 Å². The summed E-state index contributed by atoms with van der Waals surface area (Å²) in [7, 11) is 0. The molecule has 0 radical (unpaired) electrons. The first kappa shape index (κ1) is 10.0. The summed E-state index contributed by atoms with van der Waals surface area (Å²) in [5, 5.41) is 0.444. The molecule has 1 fully saturated rings. The molecule has 84 valence electrons. The van der Waals surface area contributed by atoms with Crippen LogP contribution in [-0.2, 0) is 0 Å². The van der Waals surface area contributed by atoms with Crippen LogP contribution in [0, 0.1) is 0 Å². The van der Waals surface area contributed by atoms with Crippen LogP contribution < -0.4 is 0 Å². The minimum absolute atomic E-state index is 0.444. The van der Waals surface area contributed by atoms with Crippen LogP contribution in [0.4, 0.5) is 0 Å². The van der Waals surface area contributed by atoms with Crippen molar-refractivity contribution < 1.29 is 0 Å². The number of rotatable bonds is 1. The molecule has 1 saturated carbocycles. The number of imidazole rings is 1. The lowest BCUT2D eigenvalue weighted by atomic mass is 9.95. The van der Waals surface area contributed by atoms with E-state index in [1.165, 1.54) is 38.4 Å². The van der Waals surface area contributed by atoms with Gasteiger partial charge in [-0.15, -0.1) is 0 Å². The van der Waals surface area contributed by atoms with Crippen molar-refractivity contribution in [2.75, 3.05) is 0 Å². The number of hydrogen-bond acceptors (Lipinski definition) is 3. The molecule has 2 heterocycles. The standard InChI is InChI=1S/C11H13ClN4/c12-10-9-11(14-6-13-10)16(7-15-9)8-4-2-1-3-5-8/h6-8H,1-5H2. The third-order valence-corrected chi connectivity index (χ3v) is 3.56. The molecule has 0 bridgehead atoms. The van der Waals surface area contributed by atoms with Gasteiger partial charge in [0.1, 0.15) is 11.8 Å². The first-order chi connectivity index (χ1) is 7.86. The number of halogens is 1. The first-order valence-corrected chi connectivity index (χ1v) is 6.07. The summed E-state index contributed by atoms with van der Waals surface area (Å²) in [6.07, 6.45) is 9.72. The van der Waals surface area contributed by atoms with E-state index in [2.05, 4.69) is 19.5 Å². The quantitative estimate of drug-likeness (QED) is 0.715. The molecule has 1 aliphatic rings. The second-order valence-corrected chi connectivity index (χ2v) is 4.64. The molecule has 16 heavy (non-hydrogen) atoms. The molecule has 0 N–H and O–H groups in total. The highest BCUT2D eigenvalue weighted by molar-refractivity contribution is 6.33. The van der Waals surface area contributed by atoms with Crippen LogP contribution in [0.1, 0.15) is 38.1 Å².